The van der Waals surface area contributed by atoms with E-state index < -0.39 is 12.1 Å². The normalized spacial score (nSPS) is 12.1. The number of carbonyl (C=O) groups excluding carboxylic acids is 2. The number of amides is 1. The molecule has 1 unspecified atom stereocenters. The van der Waals surface area contributed by atoms with Gasteiger partial charge in [-0.15, -0.1) is 11.3 Å². The standard InChI is InChI=1S/C16H16N4O3S/c1-3-13(14(21)20-16-19-9(2)7-24-16)23-15(22)10-4-5-11-12(6-10)18-8-17-11/h4-8,13H,3H2,1-2H3,(H,17,18)(H,19,20,21). The number of fused-ring (bicyclic) bond motifs is 1. The van der Waals surface area contributed by atoms with Crippen molar-refractivity contribution < 1.29 is 14.3 Å². The van der Waals surface area contributed by atoms with Gasteiger partial charge in [0.05, 0.1) is 28.6 Å². The van der Waals surface area contributed by atoms with E-state index in [1.54, 1.807) is 31.5 Å². The molecule has 0 aliphatic carbocycles. The Morgan fingerprint density at radius 2 is 2.25 bits per heavy atom. The molecule has 2 N–H and O–H groups in total. The highest BCUT2D eigenvalue weighted by atomic mass is 32.1. The van der Waals surface area contributed by atoms with Crippen molar-refractivity contribution in [2.24, 2.45) is 0 Å². The van der Waals surface area contributed by atoms with Crippen molar-refractivity contribution in [3.8, 4) is 0 Å². The molecular weight excluding hydrogens is 328 g/mol. The second-order valence-electron chi connectivity index (χ2n) is 5.22. The number of esters is 1. The van der Waals surface area contributed by atoms with E-state index >= 15 is 0 Å². The topological polar surface area (TPSA) is 97.0 Å². The van der Waals surface area contributed by atoms with Crippen molar-refractivity contribution in [3.63, 3.8) is 0 Å². The second-order valence-corrected chi connectivity index (χ2v) is 6.08. The highest BCUT2D eigenvalue weighted by molar-refractivity contribution is 7.13. The van der Waals surface area contributed by atoms with E-state index in [4.69, 9.17) is 4.74 Å². The largest absolute Gasteiger partial charge is 0.449 e. The van der Waals surface area contributed by atoms with Gasteiger partial charge < -0.3 is 9.72 Å². The summed E-state index contributed by atoms with van der Waals surface area (Å²) < 4.78 is 5.34. The van der Waals surface area contributed by atoms with Crippen LogP contribution >= 0.6 is 11.3 Å². The van der Waals surface area contributed by atoms with Crippen molar-refractivity contribution in [1.29, 1.82) is 0 Å². The maximum atomic E-state index is 12.3. The van der Waals surface area contributed by atoms with Crippen LogP contribution in [0.1, 0.15) is 29.4 Å². The Kier molecular flexibility index (Phi) is 4.57. The van der Waals surface area contributed by atoms with Crippen LogP contribution in [0.25, 0.3) is 11.0 Å². The van der Waals surface area contributed by atoms with Gasteiger partial charge in [-0.3, -0.25) is 10.1 Å². The predicted octanol–water partition coefficient (Wildman–Crippen LogP) is 2.90. The molecular formula is C16H16N4O3S. The van der Waals surface area contributed by atoms with Crippen LogP contribution in [-0.4, -0.2) is 32.9 Å². The zero-order chi connectivity index (χ0) is 17.1. The molecule has 2 aromatic heterocycles. The number of rotatable bonds is 5. The van der Waals surface area contributed by atoms with E-state index in [1.807, 2.05) is 12.3 Å². The van der Waals surface area contributed by atoms with Crippen molar-refractivity contribution >= 4 is 39.4 Å². The van der Waals surface area contributed by atoms with Crippen LogP contribution in [0.4, 0.5) is 5.13 Å². The number of anilines is 1. The summed E-state index contributed by atoms with van der Waals surface area (Å²) in [4.78, 5) is 35.7. The van der Waals surface area contributed by atoms with Gasteiger partial charge in [-0.05, 0) is 31.5 Å². The Balaban J connectivity index is 1.69. The highest BCUT2D eigenvalue weighted by Crippen LogP contribution is 2.17. The molecule has 0 bridgehead atoms. The number of imidazole rings is 1. The molecule has 3 aromatic rings. The van der Waals surface area contributed by atoms with Gasteiger partial charge in [0.25, 0.3) is 5.91 Å². The Morgan fingerprint density at radius 1 is 1.42 bits per heavy atom. The first kappa shape index (κ1) is 16.1. The van der Waals surface area contributed by atoms with Crippen LogP contribution in [0.15, 0.2) is 29.9 Å². The maximum absolute atomic E-state index is 12.3. The Labute approximate surface area is 142 Å². The summed E-state index contributed by atoms with van der Waals surface area (Å²) in [6.07, 6.45) is 1.05. The molecule has 0 saturated heterocycles. The number of aryl methyl sites for hydroxylation is 1. The molecule has 0 radical (unpaired) electrons. The Morgan fingerprint density at radius 3 is 2.96 bits per heavy atom. The number of H-pyrrole nitrogens is 1. The van der Waals surface area contributed by atoms with Crippen LogP contribution < -0.4 is 5.32 Å². The van der Waals surface area contributed by atoms with Gasteiger partial charge in [0.15, 0.2) is 11.2 Å². The summed E-state index contributed by atoms with van der Waals surface area (Å²) >= 11 is 1.33. The third kappa shape index (κ3) is 3.43. The average molecular weight is 344 g/mol. The molecule has 3 rings (SSSR count). The first-order valence-corrected chi connectivity index (χ1v) is 8.32. The number of hydrogen-bond donors (Lipinski definition) is 2. The average Bonchev–Trinajstić information content (AvgIpc) is 3.20. The fourth-order valence-electron chi connectivity index (χ4n) is 2.18. The predicted molar refractivity (Wildman–Crippen MR) is 91.1 cm³/mol. The lowest BCUT2D eigenvalue weighted by Gasteiger charge is -2.15. The monoisotopic (exact) mass is 344 g/mol. The van der Waals surface area contributed by atoms with Crippen molar-refractivity contribution in [3.05, 3.63) is 41.2 Å². The van der Waals surface area contributed by atoms with E-state index in [9.17, 15) is 9.59 Å². The first-order chi connectivity index (χ1) is 11.6. The number of ether oxygens (including phenoxy) is 1. The van der Waals surface area contributed by atoms with E-state index in [1.165, 1.54) is 11.3 Å². The molecule has 1 amide bonds. The van der Waals surface area contributed by atoms with Crippen LogP contribution in [0.3, 0.4) is 0 Å². The summed E-state index contributed by atoms with van der Waals surface area (Å²) in [5, 5.41) is 5.00. The minimum absolute atomic E-state index is 0.364. The van der Waals surface area contributed by atoms with E-state index in [-0.39, 0.29) is 5.91 Å². The number of benzene rings is 1. The highest BCUT2D eigenvalue weighted by Gasteiger charge is 2.23. The maximum Gasteiger partial charge on any atom is 0.338 e. The molecule has 124 valence electrons. The fraction of sp³-hybridized carbons (Fsp3) is 0.250. The molecule has 2 heterocycles. The molecule has 0 spiro atoms. The third-order valence-corrected chi connectivity index (χ3v) is 4.29. The summed E-state index contributed by atoms with van der Waals surface area (Å²) in [5.41, 5.74) is 2.69. The van der Waals surface area contributed by atoms with Gasteiger partial charge in [-0.2, -0.15) is 0 Å². The fourth-order valence-corrected chi connectivity index (χ4v) is 2.87. The molecule has 0 aliphatic heterocycles. The van der Waals surface area contributed by atoms with E-state index in [2.05, 4.69) is 20.3 Å². The summed E-state index contributed by atoms with van der Waals surface area (Å²) in [6, 6.07) is 5.00. The number of hydrogen-bond acceptors (Lipinski definition) is 6. The molecule has 0 saturated carbocycles. The number of aromatic amines is 1. The minimum atomic E-state index is -0.876. The first-order valence-electron chi connectivity index (χ1n) is 7.44. The summed E-state index contributed by atoms with van der Waals surface area (Å²) in [7, 11) is 0. The zero-order valence-corrected chi connectivity index (χ0v) is 14.0. The summed E-state index contributed by atoms with van der Waals surface area (Å²) in [5.74, 6) is -0.938. The molecule has 8 heteroatoms. The number of thiazole rings is 1. The number of nitrogens with zero attached hydrogens (tertiary/aromatic N) is 2. The van der Waals surface area contributed by atoms with Crippen molar-refractivity contribution in [2.75, 3.05) is 5.32 Å². The second kappa shape index (κ2) is 6.79. The molecule has 0 aliphatic rings. The minimum Gasteiger partial charge on any atom is -0.449 e. The van der Waals surface area contributed by atoms with Crippen LogP contribution in [0.5, 0.6) is 0 Å². The van der Waals surface area contributed by atoms with Crippen molar-refractivity contribution in [1.82, 2.24) is 15.0 Å². The van der Waals surface area contributed by atoms with Crippen LogP contribution in [0, 0.1) is 6.92 Å². The van der Waals surface area contributed by atoms with Gasteiger partial charge in [-0.25, -0.2) is 14.8 Å². The molecule has 7 nitrogen and oxygen atoms in total. The van der Waals surface area contributed by atoms with Gasteiger partial charge in [0.1, 0.15) is 0 Å². The van der Waals surface area contributed by atoms with Gasteiger partial charge in [0, 0.05) is 5.38 Å². The van der Waals surface area contributed by atoms with Gasteiger partial charge >= 0.3 is 5.97 Å². The molecule has 0 fully saturated rings. The molecule has 24 heavy (non-hydrogen) atoms. The van der Waals surface area contributed by atoms with Crippen molar-refractivity contribution in [2.45, 2.75) is 26.4 Å². The lowest BCUT2D eigenvalue weighted by molar-refractivity contribution is -0.124. The van der Waals surface area contributed by atoms with E-state index in [0.29, 0.717) is 17.1 Å². The van der Waals surface area contributed by atoms with Gasteiger partial charge in [-0.1, -0.05) is 6.92 Å². The van der Waals surface area contributed by atoms with Crippen LogP contribution in [-0.2, 0) is 9.53 Å². The number of aromatic nitrogens is 3. The Bertz CT molecular complexity index is 886. The third-order valence-electron chi connectivity index (χ3n) is 3.42. The lowest BCUT2D eigenvalue weighted by atomic mass is 10.2. The number of carbonyl (C=O) groups is 2. The lowest BCUT2D eigenvalue weighted by Crippen LogP contribution is -2.32. The molecule has 1 aromatic carbocycles. The number of nitrogens with one attached hydrogen (secondary N) is 2. The zero-order valence-electron chi connectivity index (χ0n) is 13.2. The van der Waals surface area contributed by atoms with Crippen LogP contribution in [0.2, 0.25) is 0 Å². The smallest absolute Gasteiger partial charge is 0.338 e. The quantitative estimate of drug-likeness (QED) is 0.694. The molecule has 1 atom stereocenters. The van der Waals surface area contributed by atoms with Gasteiger partial charge in [0.2, 0.25) is 0 Å². The SMILES string of the molecule is CCC(OC(=O)c1ccc2nc[nH]c2c1)C(=O)Nc1nc(C)cs1. The van der Waals surface area contributed by atoms with E-state index in [0.717, 1.165) is 16.7 Å². The summed E-state index contributed by atoms with van der Waals surface area (Å²) in [6.45, 7) is 3.62. The Hall–Kier alpha value is -2.74.